The topological polar surface area (TPSA) is 42.7 Å². The summed E-state index contributed by atoms with van der Waals surface area (Å²) in [5, 5.41) is 0. The molecular formula is C20H24FNO3. The second-order valence-corrected chi connectivity index (χ2v) is 6.69. The lowest BCUT2D eigenvalue weighted by Gasteiger charge is -2.32. The molecule has 0 saturated carbocycles. The van der Waals surface area contributed by atoms with Crippen LogP contribution in [0.25, 0.3) is 0 Å². The highest BCUT2D eigenvalue weighted by Gasteiger charge is 2.20. The lowest BCUT2D eigenvalue weighted by Crippen LogP contribution is -2.35. The number of hydrogen-bond acceptors (Lipinski definition) is 4. The molecule has 0 amide bonds. The van der Waals surface area contributed by atoms with Crippen molar-refractivity contribution in [2.75, 3.05) is 20.2 Å². The molecule has 0 radical (unpaired) electrons. The minimum Gasteiger partial charge on any atom is -0.490 e. The highest BCUT2D eigenvalue weighted by Crippen LogP contribution is 2.23. The number of halogens is 1. The van der Waals surface area contributed by atoms with E-state index >= 15 is 0 Å². The van der Waals surface area contributed by atoms with Crippen molar-refractivity contribution in [2.45, 2.75) is 32.2 Å². The number of methoxy groups -OCH3 is 1. The van der Waals surface area contributed by atoms with Crippen molar-refractivity contribution >= 4 is 0 Å². The van der Waals surface area contributed by atoms with Gasteiger partial charge in [0.15, 0.2) is 0 Å². The Morgan fingerprint density at radius 3 is 2.84 bits per heavy atom. The molecular weight excluding hydrogens is 321 g/mol. The molecule has 134 valence electrons. The first-order chi connectivity index (χ1) is 12.1. The van der Waals surface area contributed by atoms with Crippen molar-refractivity contribution < 1.29 is 13.5 Å². The summed E-state index contributed by atoms with van der Waals surface area (Å²) < 4.78 is 23.4. The number of benzene rings is 1. The summed E-state index contributed by atoms with van der Waals surface area (Å²) in [5.41, 5.74) is 1.04. The SMILES string of the molecule is COc1coc(CN2CCCC(CCc3ccc(F)cc3)C2)cc1=O. The number of likely N-dealkylation sites (tertiary alicyclic amines) is 1. The third-order valence-electron chi connectivity index (χ3n) is 4.81. The van der Waals surface area contributed by atoms with E-state index in [1.165, 1.54) is 43.6 Å². The molecule has 0 aliphatic carbocycles. The quantitative estimate of drug-likeness (QED) is 0.802. The summed E-state index contributed by atoms with van der Waals surface area (Å²) in [6.45, 7) is 2.66. The van der Waals surface area contributed by atoms with E-state index in [1.54, 1.807) is 0 Å². The van der Waals surface area contributed by atoms with E-state index in [1.807, 2.05) is 12.1 Å². The molecule has 3 rings (SSSR count). The van der Waals surface area contributed by atoms with Gasteiger partial charge in [0.1, 0.15) is 17.8 Å². The molecule has 0 spiro atoms. The molecule has 4 nitrogen and oxygen atoms in total. The van der Waals surface area contributed by atoms with Crippen LogP contribution in [-0.2, 0) is 13.0 Å². The first-order valence-electron chi connectivity index (χ1n) is 8.76. The third kappa shape index (κ3) is 4.92. The van der Waals surface area contributed by atoms with E-state index in [9.17, 15) is 9.18 Å². The summed E-state index contributed by atoms with van der Waals surface area (Å²) in [6, 6.07) is 8.28. The number of ether oxygens (including phenoxy) is 1. The molecule has 1 aromatic heterocycles. The third-order valence-corrected chi connectivity index (χ3v) is 4.81. The zero-order chi connectivity index (χ0) is 17.6. The fraction of sp³-hybridized carbons (Fsp3) is 0.450. The Morgan fingerprint density at radius 2 is 2.12 bits per heavy atom. The van der Waals surface area contributed by atoms with Crippen molar-refractivity contribution in [3.63, 3.8) is 0 Å². The second kappa shape index (κ2) is 8.30. The molecule has 0 bridgehead atoms. The van der Waals surface area contributed by atoms with E-state index in [4.69, 9.17) is 9.15 Å². The molecule has 1 aliphatic heterocycles. The van der Waals surface area contributed by atoms with Crippen molar-refractivity contribution in [1.82, 2.24) is 4.90 Å². The smallest absolute Gasteiger partial charge is 0.227 e. The molecule has 1 saturated heterocycles. The van der Waals surface area contributed by atoms with Gasteiger partial charge in [0.25, 0.3) is 0 Å². The van der Waals surface area contributed by atoms with Crippen LogP contribution in [0.1, 0.15) is 30.6 Å². The average molecular weight is 345 g/mol. The standard InChI is InChI=1S/C20H24FNO3/c1-24-20-14-25-18(11-19(20)23)13-22-10-2-3-16(12-22)5-4-15-6-8-17(21)9-7-15/h6-9,11,14,16H,2-5,10,12-13H2,1H3. The summed E-state index contributed by atoms with van der Waals surface area (Å²) in [6.07, 6.45) is 5.80. The molecule has 1 aromatic carbocycles. The van der Waals surface area contributed by atoms with Gasteiger partial charge < -0.3 is 9.15 Å². The maximum Gasteiger partial charge on any atom is 0.227 e. The van der Waals surface area contributed by atoms with Crippen LogP contribution in [0, 0.1) is 11.7 Å². The van der Waals surface area contributed by atoms with Gasteiger partial charge in [-0.2, -0.15) is 0 Å². The molecule has 2 heterocycles. The molecule has 2 aromatic rings. The number of hydrogen-bond donors (Lipinski definition) is 0. The lowest BCUT2D eigenvalue weighted by atomic mass is 9.91. The fourth-order valence-corrected chi connectivity index (χ4v) is 3.44. The zero-order valence-electron chi connectivity index (χ0n) is 14.5. The van der Waals surface area contributed by atoms with Gasteiger partial charge in [0.05, 0.1) is 13.7 Å². The first kappa shape index (κ1) is 17.7. The maximum atomic E-state index is 13.0. The highest BCUT2D eigenvalue weighted by atomic mass is 19.1. The van der Waals surface area contributed by atoms with Crippen molar-refractivity contribution in [2.24, 2.45) is 5.92 Å². The fourth-order valence-electron chi connectivity index (χ4n) is 3.44. The van der Waals surface area contributed by atoms with E-state index in [0.717, 1.165) is 32.4 Å². The summed E-state index contributed by atoms with van der Waals surface area (Å²) >= 11 is 0. The molecule has 1 unspecified atom stereocenters. The highest BCUT2D eigenvalue weighted by molar-refractivity contribution is 5.17. The van der Waals surface area contributed by atoms with Crippen LogP contribution in [0.4, 0.5) is 4.39 Å². The average Bonchev–Trinajstić information content (AvgIpc) is 2.62. The molecule has 1 aliphatic rings. The van der Waals surface area contributed by atoms with Crippen LogP contribution in [0.2, 0.25) is 0 Å². The second-order valence-electron chi connectivity index (χ2n) is 6.69. The van der Waals surface area contributed by atoms with Crippen LogP contribution in [0.5, 0.6) is 5.75 Å². The van der Waals surface area contributed by atoms with Crippen molar-refractivity contribution in [3.8, 4) is 5.75 Å². The maximum absolute atomic E-state index is 13.0. The van der Waals surface area contributed by atoms with Gasteiger partial charge in [-0.3, -0.25) is 9.69 Å². The molecule has 5 heteroatoms. The van der Waals surface area contributed by atoms with Crippen LogP contribution in [-0.4, -0.2) is 25.1 Å². The minimum atomic E-state index is -0.187. The Balaban J connectivity index is 1.53. The van der Waals surface area contributed by atoms with Crippen LogP contribution in [0.15, 0.2) is 45.8 Å². The zero-order valence-corrected chi connectivity index (χ0v) is 14.5. The number of nitrogens with zero attached hydrogens (tertiary/aromatic N) is 1. The van der Waals surface area contributed by atoms with Gasteiger partial charge in [-0.15, -0.1) is 0 Å². The minimum absolute atomic E-state index is 0.145. The molecule has 0 N–H and O–H groups in total. The van der Waals surface area contributed by atoms with E-state index < -0.39 is 0 Å². The van der Waals surface area contributed by atoms with E-state index in [2.05, 4.69) is 4.90 Å². The lowest BCUT2D eigenvalue weighted by molar-refractivity contribution is 0.150. The van der Waals surface area contributed by atoms with E-state index in [0.29, 0.717) is 18.2 Å². The Kier molecular flexibility index (Phi) is 5.87. The van der Waals surface area contributed by atoms with Gasteiger partial charge in [-0.05, 0) is 55.8 Å². The number of aryl methyl sites for hydroxylation is 1. The summed E-state index contributed by atoms with van der Waals surface area (Å²) in [7, 11) is 1.46. The predicted octanol–water partition coefficient (Wildman–Crippen LogP) is 3.63. The molecule has 1 atom stereocenters. The van der Waals surface area contributed by atoms with E-state index in [-0.39, 0.29) is 17.0 Å². The van der Waals surface area contributed by atoms with Crippen LogP contribution >= 0.6 is 0 Å². The molecule has 25 heavy (non-hydrogen) atoms. The van der Waals surface area contributed by atoms with Gasteiger partial charge in [-0.1, -0.05) is 12.1 Å². The Hall–Kier alpha value is -2.14. The Bertz CT molecular complexity index is 741. The Morgan fingerprint density at radius 1 is 1.32 bits per heavy atom. The summed E-state index contributed by atoms with van der Waals surface area (Å²) in [4.78, 5) is 14.2. The summed E-state index contributed by atoms with van der Waals surface area (Å²) in [5.74, 6) is 1.34. The van der Waals surface area contributed by atoms with Gasteiger partial charge >= 0.3 is 0 Å². The van der Waals surface area contributed by atoms with Crippen molar-refractivity contribution in [3.05, 3.63) is 64.0 Å². The predicted molar refractivity (Wildman–Crippen MR) is 94.3 cm³/mol. The monoisotopic (exact) mass is 345 g/mol. The number of rotatable bonds is 6. The molecule has 1 fully saturated rings. The van der Waals surface area contributed by atoms with Crippen LogP contribution in [0.3, 0.4) is 0 Å². The van der Waals surface area contributed by atoms with Crippen molar-refractivity contribution in [1.29, 1.82) is 0 Å². The van der Waals surface area contributed by atoms with Crippen LogP contribution < -0.4 is 10.2 Å². The largest absolute Gasteiger partial charge is 0.490 e. The van der Waals surface area contributed by atoms with Gasteiger partial charge in [0, 0.05) is 12.6 Å². The Labute approximate surface area is 147 Å². The first-order valence-corrected chi connectivity index (χ1v) is 8.76. The normalized spacial score (nSPS) is 18.2. The van der Waals surface area contributed by atoms with Gasteiger partial charge in [-0.25, -0.2) is 4.39 Å². The van der Waals surface area contributed by atoms with Gasteiger partial charge in [0.2, 0.25) is 11.2 Å². The number of piperidine rings is 1.